The van der Waals surface area contributed by atoms with Crippen LogP contribution in [0.2, 0.25) is 0 Å². The van der Waals surface area contributed by atoms with E-state index in [1.54, 1.807) is 29.2 Å². The van der Waals surface area contributed by atoms with Gasteiger partial charge in [0.1, 0.15) is 5.58 Å². The van der Waals surface area contributed by atoms with E-state index < -0.39 is 11.0 Å². The van der Waals surface area contributed by atoms with Gasteiger partial charge in [-0.25, -0.2) is 0 Å². The molecule has 0 fully saturated rings. The highest BCUT2D eigenvalue weighted by atomic mass is 16.6. The fourth-order valence-electron chi connectivity index (χ4n) is 3.73. The normalized spacial score (nSPS) is 15.9. The van der Waals surface area contributed by atoms with Crippen molar-refractivity contribution in [3.05, 3.63) is 84.7 Å². The van der Waals surface area contributed by atoms with E-state index >= 15 is 0 Å². The van der Waals surface area contributed by atoms with Crippen molar-refractivity contribution in [2.24, 2.45) is 0 Å². The van der Waals surface area contributed by atoms with E-state index in [1.165, 1.54) is 12.1 Å². The fourth-order valence-corrected chi connectivity index (χ4v) is 3.73. The van der Waals surface area contributed by atoms with Gasteiger partial charge in [-0.05, 0) is 61.7 Å². The second-order valence-electron chi connectivity index (χ2n) is 6.95. The van der Waals surface area contributed by atoms with Gasteiger partial charge in [-0.1, -0.05) is 0 Å². The van der Waals surface area contributed by atoms with Crippen LogP contribution in [0.3, 0.4) is 0 Å². The minimum atomic E-state index is -0.629. The molecule has 1 aromatic heterocycles. The number of fused-ring (bicyclic) bond motifs is 2. The van der Waals surface area contributed by atoms with Crippen LogP contribution in [0.25, 0.3) is 11.0 Å². The quantitative estimate of drug-likeness (QED) is 0.509. The predicted molar refractivity (Wildman–Crippen MR) is 104 cm³/mol. The van der Waals surface area contributed by atoms with Gasteiger partial charge >= 0.3 is 0 Å². The molecule has 28 heavy (non-hydrogen) atoms. The van der Waals surface area contributed by atoms with E-state index in [1.807, 2.05) is 20.8 Å². The van der Waals surface area contributed by atoms with Gasteiger partial charge in [0, 0.05) is 18.7 Å². The number of nitro groups is 1. The molecular weight excluding hydrogens is 360 g/mol. The molecular formula is C21H18N2O5. The average molecular weight is 378 g/mol. The lowest BCUT2D eigenvalue weighted by Gasteiger charge is -2.23. The number of carbonyl (C=O) groups excluding carboxylic acids is 1. The molecule has 2 heterocycles. The smallest absolute Gasteiger partial charge is 0.290 e. The Labute approximate surface area is 160 Å². The number of benzene rings is 2. The van der Waals surface area contributed by atoms with E-state index in [9.17, 15) is 19.7 Å². The molecule has 1 aliphatic rings. The fraction of sp³-hybridized carbons (Fsp3) is 0.238. The van der Waals surface area contributed by atoms with Crippen molar-refractivity contribution in [2.75, 3.05) is 6.54 Å². The Morgan fingerprint density at radius 3 is 2.36 bits per heavy atom. The van der Waals surface area contributed by atoms with E-state index in [4.69, 9.17) is 4.42 Å². The first-order valence-corrected chi connectivity index (χ1v) is 8.96. The summed E-state index contributed by atoms with van der Waals surface area (Å²) in [5.41, 5.74) is 2.95. The number of nitro benzene ring substituents is 1. The van der Waals surface area contributed by atoms with Crippen LogP contribution in [0.5, 0.6) is 0 Å². The summed E-state index contributed by atoms with van der Waals surface area (Å²) in [7, 11) is 0. The van der Waals surface area contributed by atoms with Crippen LogP contribution in [-0.4, -0.2) is 22.3 Å². The molecule has 7 heteroatoms. The molecule has 1 unspecified atom stereocenters. The van der Waals surface area contributed by atoms with Crippen LogP contribution >= 0.6 is 0 Å². The summed E-state index contributed by atoms with van der Waals surface area (Å²) in [5, 5.41) is 11.4. The van der Waals surface area contributed by atoms with E-state index in [-0.39, 0.29) is 28.3 Å². The maximum absolute atomic E-state index is 13.3. The first-order chi connectivity index (χ1) is 13.3. The maximum Gasteiger partial charge on any atom is 0.290 e. The van der Waals surface area contributed by atoms with Crippen LogP contribution < -0.4 is 5.43 Å². The Morgan fingerprint density at radius 1 is 1.11 bits per heavy atom. The number of amides is 1. The molecule has 1 amide bonds. The van der Waals surface area contributed by atoms with Crippen LogP contribution in [0.4, 0.5) is 5.69 Å². The van der Waals surface area contributed by atoms with Gasteiger partial charge in [0.15, 0.2) is 5.43 Å². The number of rotatable bonds is 3. The number of non-ortho nitro benzene ring substituents is 1. The summed E-state index contributed by atoms with van der Waals surface area (Å²) in [6.45, 7) is 6.03. The summed E-state index contributed by atoms with van der Waals surface area (Å²) < 4.78 is 5.88. The largest absolute Gasteiger partial charge is 0.450 e. The van der Waals surface area contributed by atoms with Crippen molar-refractivity contribution in [3.8, 4) is 0 Å². The average Bonchev–Trinajstić information content (AvgIpc) is 2.96. The van der Waals surface area contributed by atoms with E-state index in [0.717, 1.165) is 11.1 Å². The van der Waals surface area contributed by atoms with Gasteiger partial charge in [0.25, 0.3) is 11.6 Å². The zero-order valence-electron chi connectivity index (χ0n) is 15.7. The first-order valence-electron chi connectivity index (χ1n) is 8.96. The lowest BCUT2D eigenvalue weighted by atomic mass is 9.97. The minimum absolute atomic E-state index is 0.0472. The molecule has 0 aliphatic carbocycles. The minimum Gasteiger partial charge on any atom is -0.450 e. The van der Waals surface area contributed by atoms with E-state index in [0.29, 0.717) is 23.1 Å². The summed E-state index contributed by atoms with van der Waals surface area (Å²) in [4.78, 5) is 38.2. The van der Waals surface area contributed by atoms with Crippen molar-refractivity contribution in [2.45, 2.75) is 26.8 Å². The molecule has 0 bridgehead atoms. The van der Waals surface area contributed by atoms with Crippen LogP contribution in [-0.2, 0) is 0 Å². The summed E-state index contributed by atoms with van der Waals surface area (Å²) in [6.07, 6.45) is 0. The van der Waals surface area contributed by atoms with Crippen LogP contribution in [0, 0.1) is 24.0 Å². The topological polar surface area (TPSA) is 93.7 Å². The van der Waals surface area contributed by atoms with Crippen molar-refractivity contribution in [3.63, 3.8) is 0 Å². The Morgan fingerprint density at radius 2 is 1.75 bits per heavy atom. The highest BCUT2D eigenvalue weighted by molar-refractivity contribution is 5.99. The SMILES string of the molecule is CCN1C(=O)c2oc3cc(C)c(C)cc3c(=O)c2C1c1ccc([N+](=O)[O-])cc1. The lowest BCUT2D eigenvalue weighted by molar-refractivity contribution is -0.384. The van der Waals surface area contributed by atoms with Crippen molar-refractivity contribution in [1.82, 2.24) is 4.90 Å². The molecule has 7 nitrogen and oxygen atoms in total. The molecule has 0 spiro atoms. The van der Waals surface area contributed by atoms with Gasteiger partial charge in [-0.2, -0.15) is 0 Å². The zero-order chi connectivity index (χ0) is 20.2. The highest BCUT2D eigenvalue weighted by Crippen LogP contribution is 2.38. The third-order valence-electron chi connectivity index (χ3n) is 5.34. The molecule has 142 valence electrons. The van der Waals surface area contributed by atoms with Gasteiger partial charge in [0.2, 0.25) is 5.76 Å². The standard InChI is InChI=1S/C21H18N2O5/c1-4-22-18(13-5-7-14(8-6-13)23(26)27)17-19(24)15-9-11(2)12(3)10-16(15)28-20(17)21(22)25/h5-10,18H,4H2,1-3H3. The molecule has 2 aromatic carbocycles. The second-order valence-corrected chi connectivity index (χ2v) is 6.95. The Bertz CT molecular complexity index is 1190. The third kappa shape index (κ3) is 2.51. The van der Waals surface area contributed by atoms with Gasteiger partial charge < -0.3 is 9.32 Å². The Hall–Kier alpha value is -3.48. The molecule has 4 rings (SSSR count). The van der Waals surface area contributed by atoms with E-state index in [2.05, 4.69) is 0 Å². The molecule has 1 atom stereocenters. The molecule has 3 aromatic rings. The Kier molecular flexibility index (Phi) is 4.03. The van der Waals surface area contributed by atoms with Gasteiger partial charge in [-0.15, -0.1) is 0 Å². The third-order valence-corrected chi connectivity index (χ3v) is 5.34. The number of nitrogens with zero attached hydrogens (tertiary/aromatic N) is 2. The monoisotopic (exact) mass is 378 g/mol. The molecule has 1 aliphatic heterocycles. The molecule has 0 radical (unpaired) electrons. The Balaban J connectivity index is 1.98. The predicted octanol–water partition coefficient (Wildman–Crippen LogP) is 3.88. The van der Waals surface area contributed by atoms with Crippen LogP contribution in [0.1, 0.15) is 45.8 Å². The summed E-state index contributed by atoms with van der Waals surface area (Å²) in [6, 6.07) is 8.84. The maximum atomic E-state index is 13.3. The number of hydrogen-bond acceptors (Lipinski definition) is 5. The van der Waals surface area contributed by atoms with Crippen molar-refractivity contribution < 1.29 is 14.1 Å². The van der Waals surface area contributed by atoms with Crippen molar-refractivity contribution >= 4 is 22.6 Å². The van der Waals surface area contributed by atoms with Crippen LogP contribution in [0.15, 0.2) is 45.6 Å². The number of aryl methyl sites for hydroxylation is 2. The highest BCUT2D eigenvalue weighted by Gasteiger charge is 2.42. The molecule has 0 N–H and O–H groups in total. The molecule has 0 saturated carbocycles. The first kappa shape index (κ1) is 17.9. The van der Waals surface area contributed by atoms with Gasteiger partial charge in [0.05, 0.1) is 21.9 Å². The number of carbonyl (C=O) groups is 1. The summed E-state index contributed by atoms with van der Waals surface area (Å²) >= 11 is 0. The second kappa shape index (κ2) is 6.30. The zero-order valence-corrected chi connectivity index (χ0v) is 15.7. The van der Waals surface area contributed by atoms with Crippen molar-refractivity contribution in [1.29, 1.82) is 0 Å². The summed E-state index contributed by atoms with van der Waals surface area (Å²) in [5.74, 6) is -0.302. The lowest BCUT2D eigenvalue weighted by Crippen LogP contribution is -2.29. The molecule has 0 saturated heterocycles. The van der Waals surface area contributed by atoms with Gasteiger partial charge in [-0.3, -0.25) is 19.7 Å². The number of hydrogen-bond donors (Lipinski definition) is 0.